The zero-order valence-electron chi connectivity index (χ0n) is 10.0. The van der Waals surface area contributed by atoms with E-state index in [0.29, 0.717) is 13.0 Å². The third-order valence-electron chi connectivity index (χ3n) is 3.77. The Morgan fingerprint density at radius 2 is 2.18 bits per heavy atom. The zero-order valence-corrected chi connectivity index (χ0v) is 10.0. The van der Waals surface area contributed by atoms with Crippen molar-refractivity contribution in [2.24, 2.45) is 22.6 Å². The van der Waals surface area contributed by atoms with Crippen molar-refractivity contribution >= 4 is 5.71 Å². The summed E-state index contributed by atoms with van der Waals surface area (Å²) in [7, 11) is 0. The number of rotatable bonds is 3. The van der Waals surface area contributed by atoms with Gasteiger partial charge in [-0.25, -0.2) is 13.2 Å². The lowest BCUT2D eigenvalue weighted by atomic mass is 9.92. The Morgan fingerprint density at radius 3 is 2.65 bits per heavy atom. The third kappa shape index (κ3) is 1.67. The standard InChI is InChI=1S/C12H17F3N2/c1-3-12(15)7-5-6(7)8(9(16)11(13)14)10(12)17-4-2/h6-7,11H,3-5,16H2,1-2H3/b9-8-,17-10?. The van der Waals surface area contributed by atoms with Crippen LogP contribution in [0.2, 0.25) is 0 Å². The van der Waals surface area contributed by atoms with E-state index >= 15 is 0 Å². The summed E-state index contributed by atoms with van der Waals surface area (Å²) in [5.74, 6) is -0.329. The minimum atomic E-state index is -2.73. The predicted octanol–water partition coefficient (Wildman–Crippen LogP) is 2.69. The Bertz CT molecular complexity index is 389. The number of nitrogens with two attached hydrogens (primary N) is 1. The van der Waals surface area contributed by atoms with Crippen LogP contribution in [0.3, 0.4) is 0 Å². The Kier molecular flexibility index (Phi) is 2.96. The molecule has 2 N–H and O–H groups in total. The number of alkyl halides is 3. The molecular weight excluding hydrogens is 229 g/mol. The van der Waals surface area contributed by atoms with Crippen molar-refractivity contribution in [1.82, 2.24) is 0 Å². The van der Waals surface area contributed by atoms with Gasteiger partial charge in [-0.1, -0.05) is 6.92 Å². The van der Waals surface area contributed by atoms with Crippen LogP contribution >= 0.6 is 0 Å². The molecule has 2 fully saturated rings. The summed E-state index contributed by atoms with van der Waals surface area (Å²) >= 11 is 0. The van der Waals surface area contributed by atoms with Crippen LogP contribution in [-0.2, 0) is 0 Å². The molecule has 0 aromatic rings. The van der Waals surface area contributed by atoms with Gasteiger partial charge in [-0.15, -0.1) is 0 Å². The number of halogens is 3. The third-order valence-corrected chi connectivity index (χ3v) is 3.77. The van der Waals surface area contributed by atoms with E-state index in [0.717, 1.165) is 0 Å². The maximum absolute atomic E-state index is 14.7. The largest absolute Gasteiger partial charge is 0.397 e. The second-order valence-electron chi connectivity index (χ2n) is 4.66. The van der Waals surface area contributed by atoms with Gasteiger partial charge in [-0.3, -0.25) is 4.99 Å². The van der Waals surface area contributed by atoms with E-state index in [1.165, 1.54) is 0 Å². The summed E-state index contributed by atoms with van der Waals surface area (Å²) in [6.45, 7) is 3.88. The number of hydrogen-bond acceptors (Lipinski definition) is 2. The van der Waals surface area contributed by atoms with E-state index in [9.17, 15) is 13.2 Å². The average molecular weight is 246 g/mol. The van der Waals surface area contributed by atoms with Crippen LogP contribution in [0, 0.1) is 11.8 Å². The zero-order chi connectivity index (χ0) is 12.8. The Morgan fingerprint density at radius 1 is 1.53 bits per heavy atom. The van der Waals surface area contributed by atoms with Crippen LogP contribution < -0.4 is 5.73 Å². The van der Waals surface area contributed by atoms with Gasteiger partial charge in [0.1, 0.15) is 0 Å². The SMILES string of the molecule is CCN=C1/C(=C(\N)C(F)F)C2CC2C1(F)CC. The monoisotopic (exact) mass is 246 g/mol. The van der Waals surface area contributed by atoms with Gasteiger partial charge in [0, 0.05) is 18.0 Å². The second-order valence-corrected chi connectivity index (χ2v) is 4.66. The summed E-state index contributed by atoms with van der Waals surface area (Å²) in [6, 6.07) is 0. The molecule has 0 radical (unpaired) electrons. The molecule has 96 valence electrons. The van der Waals surface area contributed by atoms with Gasteiger partial charge in [0.25, 0.3) is 6.43 Å². The van der Waals surface area contributed by atoms with Crippen LogP contribution in [0.25, 0.3) is 0 Å². The van der Waals surface area contributed by atoms with Crippen LogP contribution in [-0.4, -0.2) is 24.4 Å². The molecule has 2 rings (SSSR count). The smallest absolute Gasteiger partial charge is 0.278 e. The Hall–Kier alpha value is -1.00. The first-order valence-electron chi connectivity index (χ1n) is 5.99. The molecule has 5 heteroatoms. The average Bonchev–Trinajstić information content (AvgIpc) is 3.03. The van der Waals surface area contributed by atoms with E-state index in [1.807, 2.05) is 0 Å². The molecule has 0 aliphatic heterocycles. The lowest BCUT2D eigenvalue weighted by Crippen LogP contribution is -2.34. The Balaban J connectivity index is 2.48. The molecular formula is C12H17F3N2. The summed E-state index contributed by atoms with van der Waals surface area (Å²) < 4.78 is 40.1. The molecule has 0 spiro atoms. The first-order valence-corrected chi connectivity index (χ1v) is 5.99. The second kappa shape index (κ2) is 4.03. The molecule has 3 unspecified atom stereocenters. The molecule has 0 saturated heterocycles. The van der Waals surface area contributed by atoms with Gasteiger partial charge < -0.3 is 5.73 Å². The Labute approximate surface area is 98.8 Å². The molecule has 2 aliphatic carbocycles. The van der Waals surface area contributed by atoms with Crippen LogP contribution in [0.4, 0.5) is 13.2 Å². The minimum absolute atomic E-state index is 0.140. The van der Waals surface area contributed by atoms with Gasteiger partial charge in [-0.05, 0) is 25.7 Å². The topological polar surface area (TPSA) is 38.4 Å². The van der Waals surface area contributed by atoms with E-state index in [1.54, 1.807) is 13.8 Å². The highest BCUT2D eigenvalue weighted by Crippen LogP contribution is 2.62. The van der Waals surface area contributed by atoms with Gasteiger partial charge >= 0.3 is 0 Å². The van der Waals surface area contributed by atoms with Gasteiger partial charge in [0.05, 0.1) is 11.4 Å². The van der Waals surface area contributed by atoms with Crippen molar-refractivity contribution in [2.45, 2.75) is 38.8 Å². The number of hydrogen-bond donors (Lipinski definition) is 1. The van der Waals surface area contributed by atoms with Gasteiger partial charge in [0.2, 0.25) is 0 Å². The van der Waals surface area contributed by atoms with Crippen LogP contribution in [0.1, 0.15) is 26.7 Å². The van der Waals surface area contributed by atoms with Crippen molar-refractivity contribution < 1.29 is 13.2 Å². The van der Waals surface area contributed by atoms with E-state index < -0.39 is 17.8 Å². The van der Waals surface area contributed by atoms with Crippen LogP contribution in [0.15, 0.2) is 16.3 Å². The first-order chi connectivity index (χ1) is 7.97. The van der Waals surface area contributed by atoms with Crippen molar-refractivity contribution in [1.29, 1.82) is 0 Å². The molecule has 17 heavy (non-hydrogen) atoms. The van der Waals surface area contributed by atoms with E-state index in [-0.39, 0.29) is 29.5 Å². The molecule has 0 bridgehead atoms. The van der Waals surface area contributed by atoms with Crippen molar-refractivity contribution in [3.05, 3.63) is 11.3 Å². The van der Waals surface area contributed by atoms with E-state index in [4.69, 9.17) is 5.73 Å². The number of nitrogens with zero attached hydrogens (tertiary/aromatic N) is 1. The highest BCUT2D eigenvalue weighted by Gasteiger charge is 2.65. The van der Waals surface area contributed by atoms with Crippen LogP contribution in [0.5, 0.6) is 0 Å². The summed E-state index contributed by atoms with van der Waals surface area (Å²) in [6.07, 6.45) is -1.84. The maximum atomic E-state index is 14.7. The summed E-state index contributed by atoms with van der Waals surface area (Å²) in [5.41, 5.74) is 3.85. The highest BCUT2D eigenvalue weighted by molar-refractivity contribution is 6.11. The molecule has 2 aliphatic rings. The summed E-state index contributed by atoms with van der Waals surface area (Å²) in [5, 5.41) is 0. The van der Waals surface area contributed by atoms with Gasteiger partial charge in [-0.2, -0.15) is 0 Å². The van der Waals surface area contributed by atoms with E-state index in [2.05, 4.69) is 4.99 Å². The number of allylic oxidation sites excluding steroid dienone is 2. The molecule has 3 atom stereocenters. The highest BCUT2D eigenvalue weighted by atomic mass is 19.3. The molecule has 0 heterocycles. The van der Waals surface area contributed by atoms with Crippen molar-refractivity contribution in [3.8, 4) is 0 Å². The fraction of sp³-hybridized carbons (Fsp3) is 0.750. The van der Waals surface area contributed by atoms with Gasteiger partial charge in [0.15, 0.2) is 5.67 Å². The first kappa shape index (κ1) is 12.5. The predicted molar refractivity (Wildman–Crippen MR) is 60.9 cm³/mol. The molecule has 2 saturated carbocycles. The quantitative estimate of drug-likeness (QED) is 0.817. The minimum Gasteiger partial charge on any atom is -0.397 e. The molecule has 2 nitrogen and oxygen atoms in total. The molecule has 0 amide bonds. The lowest BCUT2D eigenvalue weighted by Gasteiger charge is -2.22. The van der Waals surface area contributed by atoms with Crippen molar-refractivity contribution in [3.63, 3.8) is 0 Å². The summed E-state index contributed by atoms with van der Waals surface area (Å²) in [4.78, 5) is 4.08. The normalized spacial score (nSPS) is 40.9. The van der Waals surface area contributed by atoms with Crippen molar-refractivity contribution in [2.75, 3.05) is 6.54 Å². The number of aliphatic imine (C=N–C) groups is 1. The number of fused-ring (bicyclic) bond motifs is 1. The fourth-order valence-corrected chi connectivity index (χ4v) is 2.87. The maximum Gasteiger partial charge on any atom is 0.278 e. The lowest BCUT2D eigenvalue weighted by molar-refractivity contribution is 0.186. The fourth-order valence-electron chi connectivity index (χ4n) is 2.87. The molecule has 0 aromatic carbocycles. The molecule has 0 aromatic heterocycles.